The van der Waals surface area contributed by atoms with Crippen LogP contribution in [0.4, 0.5) is 0 Å². The molecule has 0 spiro atoms. The van der Waals surface area contributed by atoms with Gasteiger partial charge in [-0.2, -0.15) is 10.2 Å². The van der Waals surface area contributed by atoms with E-state index >= 15 is 0 Å². The molecule has 1 atom stereocenters. The van der Waals surface area contributed by atoms with Crippen molar-refractivity contribution in [3.8, 4) is 5.69 Å². The Morgan fingerprint density at radius 1 is 1.29 bits per heavy atom. The van der Waals surface area contributed by atoms with Crippen LogP contribution in [0.3, 0.4) is 0 Å². The van der Waals surface area contributed by atoms with E-state index in [0.29, 0.717) is 13.2 Å². The quantitative estimate of drug-likeness (QED) is 0.424. The van der Waals surface area contributed by atoms with E-state index in [2.05, 4.69) is 38.9 Å². The maximum atomic E-state index is 5.15. The molecule has 1 unspecified atom stereocenters. The summed E-state index contributed by atoms with van der Waals surface area (Å²) >= 11 is 0. The highest BCUT2D eigenvalue weighted by atomic mass is 16.5. The molecule has 1 aliphatic heterocycles. The second-order valence-corrected chi connectivity index (χ2v) is 7.58. The van der Waals surface area contributed by atoms with Crippen molar-refractivity contribution >= 4 is 5.96 Å². The monoisotopic (exact) mass is 422 g/mol. The first-order chi connectivity index (χ1) is 15.2. The van der Waals surface area contributed by atoms with Crippen LogP contribution < -0.4 is 10.6 Å². The summed E-state index contributed by atoms with van der Waals surface area (Å²) in [5.41, 5.74) is 2.23. The fourth-order valence-corrected chi connectivity index (χ4v) is 3.69. The lowest BCUT2D eigenvalue weighted by Gasteiger charge is -2.25. The van der Waals surface area contributed by atoms with Gasteiger partial charge in [0.2, 0.25) is 0 Å². The number of fused-ring (bicyclic) bond motifs is 1. The van der Waals surface area contributed by atoms with Gasteiger partial charge < -0.3 is 15.4 Å². The predicted octanol–water partition coefficient (Wildman–Crippen LogP) is 1.72. The minimum atomic E-state index is 0.267. The molecule has 0 radical (unpaired) electrons. The van der Waals surface area contributed by atoms with E-state index in [9.17, 15) is 0 Å². The average Bonchev–Trinajstić information content (AvgIpc) is 3.41. The van der Waals surface area contributed by atoms with Crippen molar-refractivity contribution in [2.45, 2.75) is 45.4 Å². The summed E-state index contributed by atoms with van der Waals surface area (Å²) in [4.78, 5) is 9.31. The molecule has 9 nitrogen and oxygen atoms in total. The normalized spacial score (nSPS) is 16.2. The van der Waals surface area contributed by atoms with Gasteiger partial charge in [0.1, 0.15) is 12.4 Å². The molecule has 1 aromatic carbocycles. The van der Waals surface area contributed by atoms with Crippen LogP contribution in [0.2, 0.25) is 0 Å². The molecule has 9 heteroatoms. The first-order valence-corrected chi connectivity index (χ1v) is 10.8. The molecule has 2 aromatic heterocycles. The smallest absolute Gasteiger partial charge is 0.191 e. The second-order valence-electron chi connectivity index (χ2n) is 7.58. The molecule has 0 saturated heterocycles. The Morgan fingerprint density at radius 2 is 2.16 bits per heavy atom. The minimum Gasteiger partial charge on any atom is -0.377 e. The first-order valence-electron chi connectivity index (χ1n) is 10.8. The summed E-state index contributed by atoms with van der Waals surface area (Å²) in [6.45, 7) is 4.81. The third-order valence-electron chi connectivity index (χ3n) is 5.19. The van der Waals surface area contributed by atoms with Crippen LogP contribution in [0.1, 0.15) is 30.6 Å². The van der Waals surface area contributed by atoms with E-state index in [1.807, 2.05) is 45.9 Å². The van der Waals surface area contributed by atoms with Crippen molar-refractivity contribution in [3.63, 3.8) is 0 Å². The third-order valence-corrected chi connectivity index (χ3v) is 5.19. The Balaban J connectivity index is 1.33. The lowest BCUT2D eigenvalue weighted by molar-refractivity contribution is 0.177. The zero-order valence-corrected chi connectivity index (χ0v) is 18.2. The molecule has 0 saturated carbocycles. The van der Waals surface area contributed by atoms with Gasteiger partial charge in [0.15, 0.2) is 11.8 Å². The highest BCUT2D eigenvalue weighted by molar-refractivity contribution is 5.80. The lowest BCUT2D eigenvalue weighted by Crippen LogP contribution is -2.47. The number of hydrogen-bond acceptors (Lipinski definition) is 5. The molecular formula is C22H30N8O. The number of aliphatic imine (C=N–C) groups is 1. The van der Waals surface area contributed by atoms with Crippen molar-refractivity contribution < 1.29 is 4.74 Å². The summed E-state index contributed by atoms with van der Waals surface area (Å²) in [7, 11) is 1.66. The van der Waals surface area contributed by atoms with Crippen LogP contribution in [0, 0.1) is 0 Å². The van der Waals surface area contributed by atoms with E-state index in [1.165, 1.54) is 5.56 Å². The highest BCUT2D eigenvalue weighted by Gasteiger charge is 2.22. The Morgan fingerprint density at radius 3 is 2.97 bits per heavy atom. The van der Waals surface area contributed by atoms with Gasteiger partial charge in [-0.15, -0.1) is 0 Å². The number of aromatic nitrogens is 5. The van der Waals surface area contributed by atoms with Gasteiger partial charge in [-0.1, -0.05) is 18.2 Å². The molecule has 4 rings (SSSR count). The lowest BCUT2D eigenvalue weighted by atomic mass is 10.1. The SMILES string of the molecule is CCNC(=NCCc1cnn(-c2ccccc2)c1)NC1CCc2nc(COC)nn2C1. The molecule has 1 aliphatic rings. The number of rotatable bonds is 8. The number of benzene rings is 1. The molecule has 0 aliphatic carbocycles. The fraction of sp³-hybridized carbons (Fsp3) is 0.455. The third kappa shape index (κ3) is 5.49. The molecule has 2 N–H and O–H groups in total. The summed E-state index contributed by atoms with van der Waals surface area (Å²) in [6, 6.07) is 10.4. The van der Waals surface area contributed by atoms with Gasteiger partial charge in [0.25, 0.3) is 0 Å². The van der Waals surface area contributed by atoms with Crippen molar-refractivity contribution in [2.75, 3.05) is 20.2 Å². The van der Waals surface area contributed by atoms with Crippen LogP contribution in [0.15, 0.2) is 47.7 Å². The van der Waals surface area contributed by atoms with Gasteiger partial charge in [0, 0.05) is 38.9 Å². The number of nitrogens with one attached hydrogen (secondary N) is 2. The van der Waals surface area contributed by atoms with Crippen LogP contribution >= 0.6 is 0 Å². The fourth-order valence-electron chi connectivity index (χ4n) is 3.69. The molecular weight excluding hydrogens is 392 g/mol. The number of ether oxygens (including phenoxy) is 1. The minimum absolute atomic E-state index is 0.267. The van der Waals surface area contributed by atoms with Gasteiger partial charge in [-0.3, -0.25) is 4.99 Å². The number of nitrogens with zero attached hydrogens (tertiary/aromatic N) is 6. The van der Waals surface area contributed by atoms with Crippen molar-refractivity contribution in [3.05, 3.63) is 59.9 Å². The second kappa shape index (κ2) is 10.2. The van der Waals surface area contributed by atoms with Crippen molar-refractivity contribution in [1.82, 2.24) is 35.2 Å². The number of aryl methyl sites for hydroxylation is 1. The van der Waals surface area contributed by atoms with Crippen LogP contribution in [-0.4, -0.2) is 56.7 Å². The largest absolute Gasteiger partial charge is 0.377 e. The van der Waals surface area contributed by atoms with E-state index in [4.69, 9.17) is 9.73 Å². The molecule has 0 bridgehead atoms. The highest BCUT2D eigenvalue weighted by Crippen LogP contribution is 2.13. The van der Waals surface area contributed by atoms with Gasteiger partial charge in [0.05, 0.1) is 18.4 Å². The number of hydrogen-bond donors (Lipinski definition) is 2. The first kappa shape index (κ1) is 21.0. The topological polar surface area (TPSA) is 94.2 Å². The van der Waals surface area contributed by atoms with E-state index < -0.39 is 0 Å². The molecule has 0 fully saturated rings. The molecule has 3 aromatic rings. The van der Waals surface area contributed by atoms with Gasteiger partial charge >= 0.3 is 0 Å². The summed E-state index contributed by atoms with van der Waals surface area (Å²) in [5.74, 6) is 2.61. The standard InChI is InChI=1S/C22H30N8O/c1-3-23-22(26-18-9-10-21-27-20(16-31-2)28-30(21)15-18)24-12-11-17-13-25-29(14-17)19-7-5-4-6-8-19/h4-8,13-14,18H,3,9-12,15-16H2,1-2H3,(H2,23,24,26). The summed E-state index contributed by atoms with van der Waals surface area (Å²) < 4.78 is 9.03. The summed E-state index contributed by atoms with van der Waals surface area (Å²) in [6.07, 6.45) is 6.71. The predicted molar refractivity (Wildman–Crippen MR) is 119 cm³/mol. The maximum absolute atomic E-state index is 5.15. The maximum Gasteiger partial charge on any atom is 0.191 e. The Kier molecular flexibility index (Phi) is 6.93. The Bertz CT molecular complexity index is 994. The van der Waals surface area contributed by atoms with Gasteiger partial charge in [-0.25, -0.2) is 14.3 Å². The van der Waals surface area contributed by atoms with Gasteiger partial charge in [-0.05, 0) is 37.5 Å². The number of guanidine groups is 1. The Labute approximate surface area is 182 Å². The summed E-state index contributed by atoms with van der Waals surface area (Å²) in [5, 5.41) is 15.9. The van der Waals surface area contributed by atoms with Crippen LogP contribution in [-0.2, 0) is 30.7 Å². The van der Waals surface area contributed by atoms with Crippen LogP contribution in [0.5, 0.6) is 0 Å². The Hall–Kier alpha value is -3.20. The van der Waals surface area contributed by atoms with Crippen molar-refractivity contribution in [1.29, 1.82) is 0 Å². The van der Waals surface area contributed by atoms with Crippen LogP contribution in [0.25, 0.3) is 5.69 Å². The van der Waals surface area contributed by atoms with E-state index in [-0.39, 0.29) is 6.04 Å². The molecule has 3 heterocycles. The zero-order chi connectivity index (χ0) is 21.5. The zero-order valence-electron chi connectivity index (χ0n) is 18.2. The molecule has 31 heavy (non-hydrogen) atoms. The van der Waals surface area contributed by atoms with E-state index in [0.717, 1.165) is 55.6 Å². The molecule has 0 amide bonds. The molecule has 164 valence electrons. The number of para-hydroxylation sites is 1. The van der Waals surface area contributed by atoms with Crippen molar-refractivity contribution in [2.24, 2.45) is 4.99 Å². The average molecular weight is 423 g/mol. The number of methoxy groups -OCH3 is 1. The van der Waals surface area contributed by atoms with E-state index in [1.54, 1.807) is 7.11 Å².